The number of rotatable bonds is 4. The predicted molar refractivity (Wildman–Crippen MR) is 74.9 cm³/mol. The van der Waals surface area contributed by atoms with Crippen molar-refractivity contribution in [2.24, 2.45) is 5.73 Å². The third-order valence-corrected chi connectivity index (χ3v) is 2.90. The van der Waals surface area contributed by atoms with Crippen LogP contribution in [0.15, 0.2) is 54.6 Å². The molecule has 0 aliphatic rings. The van der Waals surface area contributed by atoms with E-state index in [1.807, 2.05) is 55.5 Å². The van der Waals surface area contributed by atoms with Crippen molar-refractivity contribution in [3.8, 4) is 5.75 Å². The molecule has 3 heteroatoms. The molecule has 18 heavy (non-hydrogen) atoms. The highest BCUT2D eigenvalue weighted by molar-refractivity contribution is 6.30. The maximum absolute atomic E-state index is 6.00. The molecule has 0 saturated heterocycles. The first-order valence-electron chi connectivity index (χ1n) is 5.89. The molecule has 2 atom stereocenters. The Hall–Kier alpha value is -1.51. The van der Waals surface area contributed by atoms with E-state index in [1.165, 1.54) is 0 Å². The van der Waals surface area contributed by atoms with Crippen molar-refractivity contribution in [3.63, 3.8) is 0 Å². The molecule has 94 valence electrons. The van der Waals surface area contributed by atoms with E-state index in [1.54, 1.807) is 6.07 Å². The third-order valence-electron chi connectivity index (χ3n) is 2.66. The fourth-order valence-electron chi connectivity index (χ4n) is 1.81. The molecular formula is C15H16ClNO. The minimum atomic E-state index is -0.176. The van der Waals surface area contributed by atoms with Gasteiger partial charge < -0.3 is 10.5 Å². The van der Waals surface area contributed by atoms with Gasteiger partial charge in [0, 0.05) is 11.1 Å². The highest BCUT2D eigenvalue weighted by Gasteiger charge is 2.17. The number of hydrogen-bond donors (Lipinski definition) is 1. The Bertz CT molecular complexity index is 499. The smallest absolute Gasteiger partial charge is 0.138 e. The van der Waals surface area contributed by atoms with Crippen molar-refractivity contribution >= 4 is 11.6 Å². The van der Waals surface area contributed by atoms with Crippen LogP contribution in [0.1, 0.15) is 18.6 Å². The molecule has 0 radical (unpaired) electrons. The second-order valence-corrected chi connectivity index (χ2v) is 4.70. The summed E-state index contributed by atoms with van der Waals surface area (Å²) in [5.41, 5.74) is 7.06. The molecule has 2 rings (SSSR count). The topological polar surface area (TPSA) is 35.2 Å². The lowest BCUT2D eigenvalue weighted by Crippen LogP contribution is -2.29. The molecule has 0 fully saturated rings. The summed E-state index contributed by atoms with van der Waals surface area (Å²) in [6.07, 6.45) is -0.176. The van der Waals surface area contributed by atoms with Gasteiger partial charge in [-0.3, -0.25) is 0 Å². The summed E-state index contributed by atoms with van der Waals surface area (Å²) in [7, 11) is 0. The van der Waals surface area contributed by atoms with Crippen molar-refractivity contribution in [2.45, 2.75) is 19.1 Å². The van der Waals surface area contributed by atoms with Gasteiger partial charge in [-0.15, -0.1) is 0 Å². The first kappa shape index (κ1) is 12.9. The van der Waals surface area contributed by atoms with Crippen molar-refractivity contribution < 1.29 is 4.74 Å². The van der Waals surface area contributed by atoms with Gasteiger partial charge in [0.15, 0.2) is 0 Å². The van der Waals surface area contributed by atoms with E-state index >= 15 is 0 Å². The molecule has 2 unspecified atom stereocenters. The average molecular weight is 262 g/mol. The van der Waals surface area contributed by atoms with E-state index in [-0.39, 0.29) is 12.1 Å². The molecule has 0 aliphatic heterocycles. The largest absolute Gasteiger partial charge is 0.484 e. The standard InChI is InChI=1S/C15H16ClNO/c1-11(17)15(12-6-3-2-4-7-12)18-14-9-5-8-13(16)10-14/h2-11,15H,17H2,1H3. The number of hydrogen-bond acceptors (Lipinski definition) is 2. The van der Waals surface area contributed by atoms with Crippen LogP contribution in [0.25, 0.3) is 0 Å². The molecule has 0 spiro atoms. The fraction of sp³-hybridized carbons (Fsp3) is 0.200. The van der Waals surface area contributed by atoms with E-state index in [4.69, 9.17) is 22.1 Å². The molecule has 0 heterocycles. The maximum Gasteiger partial charge on any atom is 0.138 e. The van der Waals surface area contributed by atoms with Crippen LogP contribution >= 0.6 is 11.6 Å². The zero-order chi connectivity index (χ0) is 13.0. The quantitative estimate of drug-likeness (QED) is 0.908. The lowest BCUT2D eigenvalue weighted by molar-refractivity contribution is 0.180. The zero-order valence-electron chi connectivity index (χ0n) is 10.2. The van der Waals surface area contributed by atoms with Crippen LogP contribution < -0.4 is 10.5 Å². The summed E-state index contributed by atoms with van der Waals surface area (Å²) in [5.74, 6) is 0.730. The van der Waals surface area contributed by atoms with Crippen LogP contribution in [0.2, 0.25) is 5.02 Å². The normalized spacial score (nSPS) is 13.9. The fourth-order valence-corrected chi connectivity index (χ4v) is 1.99. The van der Waals surface area contributed by atoms with E-state index in [0.717, 1.165) is 11.3 Å². The minimum Gasteiger partial charge on any atom is -0.484 e. The van der Waals surface area contributed by atoms with Gasteiger partial charge in [0.1, 0.15) is 11.9 Å². The molecule has 2 N–H and O–H groups in total. The summed E-state index contributed by atoms with van der Waals surface area (Å²) in [5, 5.41) is 0.656. The maximum atomic E-state index is 6.00. The van der Waals surface area contributed by atoms with Crippen molar-refractivity contribution in [1.29, 1.82) is 0 Å². The van der Waals surface area contributed by atoms with E-state index in [0.29, 0.717) is 5.02 Å². The van der Waals surface area contributed by atoms with Crippen LogP contribution in [0.3, 0.4) is 0 Å². The first-order valence-corrected chi connectivity index (χ1v) is 6.27. The van der Waals surface area contributed by atoms with Crippen LogP contribution in [-0.2, 0) is 0 Å². The zero-order valence-corrected chi connectivity index (χ0v) is 11.0. The molecule has 2 nitrogen and oxygen atoms in total. The summed E-state index contributed by atoms with van der Waals surface area (Å²) in [6.45, 7) is 1.93. The second kappa shape index (κ2) is 5.89. The Morgan fingerprint density at radius 1 is 1.06 bits per heavy atom. The Kier molecular flexibility index (Phi) is 4.24. The predicted octanol–water partition coefficient (Wildman–Crippen LogP) is 3.81. The molecule has 0 amide bonds. The van der Waals surface area contributed by atoms with Gasteiger partial charge in [-0.1, -0.05) is 48.0 Å². The van der Waals surface area contributed by atoms with Gasteiger partial charge in [-0.25, -0.2) is 0 Å². The summed E-state index contributed by atoms with van der Waals surface area (Å²) >= 11 is 5.94. The highest BCUT2D eigenvalue weighted by Crippen LogP contribution is 2.25. The van der Waals surface area contributed by atoms with Crippen LogP contribution in [-0.4, -0.2) is 6.04 Å². The van der Waals surface area contributed by atoms with E-state index in [9.17, 15) is 0 Å². The van der Waals surface area contributed by atoms with Crippen LogP contribution in [0.4, 0.5) is 0 Å². The van der Waals surface area contributed by atoms with Crippen LogP contribution in [0.5, 0.6) is 5.75 Å². The van der Waals surface area contributed by atoms with Crippen LogP contribution in [0, 0.1) is 0 Å². The molecule has 0 aliphatic carbocycles. The van der Waals surface area contributed by atoms with Gasteiger partial charge in [-0.2, -0.15) is 0 Å². The number of halogens is 1. The van der Waals surface area contributed by atoms with Gasteiger partial charge in [0.2, 0.25) is 0 Å². The summed E-state index contributed by atoms with van der Waals surface area (Å²) < 4.78 is 5.93. The lowest BCUT2D eigenvalue weighted by atomic mass is 10.0. The molecule has 0 saturated carbocycles. The van der Waals surface area contributed by atoms with Crippen molar-refractivity contribution in [1.82, 2.24) is 0 Å². The Labute approximate surface area is 112 Å². The lowest BCUT2D eigenvalue weighted by Gasteiger charge is -2.23. The Morgan fingerprint density at radius 2 is 1.78 bits per heavy atom. The number of ether oxygens (including phenoxy) is 1. The molecule has 2 aromatic rings. The highest BCUT2D eigenvalue weighted by atomic mass is 35.5. The number of nitrogens with two attached hydrogens (primary N) is 1. The van der Waals surface area contributed by atoms with Gasteiger partial charge in [0.25, 0.3) is 0 Å². The minimum absolute atomic E-state index is 0.105. The second-order valence-electron chi connectivity index (χ2n) is 4.27. The average Bonchev–Trinajstić information content (AvgIpc) is 2.37. The molecular weight excluding hydrogens is 246 g/mol. The Morgan fingerprint density at radius 3 is 2.39 bits per heavy atom. The van der Waals surface area contributed by atoms with Gasteiger partial charge in [0.05, 0.1) is 0 Å². The van der Waals surface area contributed by atoms with Crippen molar-refractivity contribution in [2.75, 3.05) is 0 Å². The summed E-state index contributed by atoms with van der Waals surface area (Å²) in [6, 6.07) is 17.2. The van der Waals surface area contributed by atoms with E-state index < -0.39 is 0 Å². The first-order chi connectivity index (χ1) is 8.66. The molecule has 2 aromatic carbocycles. The summed E-state index contributed by atoms with van der Waals surface area (Å²) in [4.78, 5) is 0. The monoisotopic (exact) mass is 261 g/mol. The Balaban J connectivity index is 2.22. The molecule has 0 aromatic heterocycles. The van der Waals surface area contributed by atoms with Gasteiger partial charge >= 0.3 is 0 Å². The third kappa shape index (κ3) is 3.25. The SMILES string of the molecule is CC(N)C(Oc1cccc(Cl)c1)c1ccccc1. The number of benzene rings is 2. The molecule has 0 bridgehead atoms. The van der Waals surface area contributed by atoms with E-state index in [2.05, 4.69) is 0 Å². The van der Waals surface area contributed by atoms with Crippen molar-refractivity contribution in [3.05, 3.63) is 65.2 Å². The van der Waals surface area contributed by atoms with Gasteiger partial charge in [-0.05, 0) is 30.7 Å².